The van der Waals surface area contributed by atoms with Gasteiger partial charge in [-0.3, -0.25) is 9.69 Å². The van der Waals surface area contributed by atoms with Crippen molar-refractivity contribution in [1.82, 2.24) is 4.90 Å². The van der Waals surface area contributed by atoms with Gasteiger partial charge < -0.3 is 5.73 Å². The van der Waals surface area contributed by atoms with Crippen molar-refractivity contribution in [3.8, 4) is 0 Å². The average molecular weight is 291 g/mol. The molecule has 0 bridgehead atoms. The minimum absolute atomic E-state index is 0.0371. The first-order valence-corrected chi connectivity index (χ1v) is 7.53. The summed E-state index contributed by atoms with van der Waals surface area (Å²) >= 11 is 0. The first kappa shape index (κ1) is 13.1. The Balaban J connectivity index is 1.93. The molecule has 1 aliphatic heterocycles. The van der Waals surface area contributed by atoms with Crippen molar-refractivity contribution in [3.63, 3.8) is 0 Å². The van der Waals surface area contributed by atoms with Crippen molar-refractivity contribution >= 4 is 11.9 Å². The molecule has 1 aliphatic carbocycles. The van der Waals surface area contributed by atoms with Crippen LogP contribution in [0.25, 0.3) is 0 Å². The number of carbonyl (C=O) groups excluding carboxylic acids is 1. The maximum atomic E-state index is 13.3. The summed E-state index contributed by atoms with van der Waals surface area (Å²) in [5.41, 5.74) is 6.79. The second kappa shape index (κ2) is 4.70. The van der Waals surface area contributed by atoms with Gasteiger partial charge in [0, 0.05) is 6.04 Å². The molecule has 1 amide bonds. The van der Waals surface area contributed by atoms with E-state index in [-0.39, 0.29) is 11.9 Å². The van der Waals surface area contributed by atoms with Crippen molar-refractivity contribution in [2.24, 2.45) is 10.7 Å². The molecule has 2 N–H and O–H groups in total. The summed E-state index contributed by atoms with van der Waals surface area (Å²) in [7, 11) is 0. The van der Waals surface area contributed by atoms with Crippen LogP contribution in [-0.4, -0.2) is 22.8 Å². The number of hydrogen-bond acceptors (Lipinski definition) is 3. The third kappa shape index (κ3) is 1.77. The molecule has 4 nitrogen and oxygen atoms in total. The molecule has 2 aliphatic rings. The van der Waals surface area contributed by atoms with E-state index >= 15 is 0 Å². The Hall–Kier alpha value is -2.62. The van der Waals surface area contributed by atoms with Crippen LogP contribution in [0.15, 0.2) is 65.7 Å². The lowest BCUT2D eigenvalue weighted by molar-refractivity contribution is -0.130. The van der Waals surface area contributed by atoms with Gasteiger partial charge in [0.25, 0.3) is 5.91 Å². The summed E-state index contributed by atoms with van der Waals surface area (Å²) in [4.78, 5) is 19.6. The number of rotatable bonds is 3. The molecule has 0 aromatic heterocycles. The van der Waals surface area contributed by atoms with Gasteiger partial charge in [0.2, 0.25) is 0 Å². The smallest absolute Gasteiger partial charge is 0.266 e. The average Bonchev–Trinajstić information content (AvgIpc) is 3.35. The molecule has 0 saturated heterocycles. The van der Waals surface area contributed by atoms with E-state index in [0.29, 0.717) is 5.96 Å². The Bertz CT molecular complexity index is 696. The van der Waals surface area contributed by atoms with E-state index in [1.807, 2.05) is 60.7 Å². The Morgan fingerprint density at radius 2 is 1.45 bits per heavy atom. The molecule has 0 radical (unpaired) electrons. The van der Waals surface area contributed by atoms with Gasteiger partial charge >= 0.3 is 0 Å². The van der Waals surface area contributed by atoms with Crippen LogP contribution in [0, 0.1) is 0 Å². The topological polar surface area (TPSA) is 58.7 Å². The third-order valence-corrected chi connectivity index (χ3v) is 4.35. The second-order valence-electron chi connectivity index (χ2n) is 5.82. The highest BCUT2D eigenvalue weighted by molar-refractivity contribution is 6.09. The molecule has 110 valence electrons. The van der Waals surface area contributed by atoms with Gasteiger partial charge in [0.1, 0.15) is 0 Å². The number of nitrogens with zero attached hydrogens (tertiary/aromatic N) is 2. The summed E-state index contributed by atoms with van der Waals surface area (Å²) in [6.07, 6.45) is 2.00. The highest BCUT2D eigenvalue weighted by Gasteiger charge is 2.53. The lowest BCUT2D eigenvalue weighted by Crippen LogP contribution is -2.44. The molecule has 4 rings (SSSR count). The van der Waals surface area contributed by atoms with Crippen LogP contribution in [0.4, 0.5) is 0 Å². The predicted molar refractivity (Wildman–Crippen MR) is 85.2 cm³/mol. The fourth-order valence-electron chi connectivity index (χ4n) is 3.14. The fourth-order valence-corrected chi connectivity index (χ4v) is 3.14. The van der Waals surface area contributed by atoms with Gasteiger partial charge in [-0.05, 0) is 24.0 Å². The van der Waals surface area contributed by atoms with Crippen LogP contribution in [0.1, 0.15) is 24.0 Å². The lowest BCUT2D eigenvalue weighted by Gasteiger charge is -2.27. The molecular weight excluding hydrogens is 274 g/mol. The SMILES string of the molecule is NC1=NC(c2ccccc2)(c2ccccc2)C(=O)N1C1CC1. The van der Waals surface area contributed by atoms with Gasteiger partial charge in [0.05, 0.1) is 0 Å². The van der Waals surface area contributed by atoms with E-state index in [1.54, 1.807) is 4.90 Å². The van der Waals surface area contributed by atoms with Crippen LogP contribution < -0.4 is 5.73 Å². The van der Waals surface area contributed by atoms with Crippen LogP contribution >= 0.6 is 0 Å². The van der Waals surface area contributed by atoms with Crippen molar-refractivity contribution in [1.29, 1.82) is 0 Å². The van der Waals surface area contributed by atoms with Crippen molar-refractivity contribution < 1.29 is 4.79 Å². The Kier molecular flexibility index (Phi) is 2.79. The van der Waals surface area contributed by atoms with Gasteiger partial charge in [0.15, 0.2) is 11.5 Å². The lowest BCUT2D eigenvalue weighted by atomic mass is 9.83. The fraction of sp³-hybridized carbons (Fsp3) is 0.222. The monoisotopic (exact) mass is 291 g/mol. The highest BCUT2D eigenvalue weighted by atomic mass is 16.2. The molecule has 22 heavy (non-hydrogen) atoms. The zero-order valence-corrected chi connectivity index (χ0v) is 12.1. The molecular formula is C18H17N3O. The molecule has 2 aromatic rings. The number of guanidine groups is 1. The normalized spacial score (nSPS) is 20.1. The zero-order chi connectivity index (χ0) is 15.2. The van der Waals surface area contributed by atoms with E-state index < -0.39 is 5.54 Å². The van der Waals surface area contributed by atoms with Crippen LogP contribution in [0.5, 0.6) is 0 Å². The van der Waals surface area contributed by atoms with Gasteiger partial charge in [-0.25, -0.2) is 4.99 Å². The molecule has 0 atom stereocenters. The molecule has 4 heteroatoms. The van der Waals surface area contributed by atoms with Crippen LogP contribution in [0.2, 0.25) is 0 Å². The van der Waals surface area contributed by atoms with Gasteiger partial charge in [-0.1, -0.05) is 60.7 Å². The molecule has 2 aromatic carbocycles. The van der Waals surface area contributed by atoms with Gasteiger partial charge in [-0.2, -0.15) is 0 Å². The maximum Gasteiger partial charge on any atom is 0.266 e. The highest BCUT2D eigenvalue weighted by Crippen LogP contribution is 2.42. The quantitative estimate of drug-likeness (QED) is 0.943. The largest absolute Gasteiger partial charge is 0.369 e. The Labute approximate surface area is 129 Å². The second-order valence-corrected chi connectivity index (χ2v) is 5.82. The summed E-state index contributed by atoms with van der Waals surface area (Å²) in [6, 6.07) is 19.6. The molecule has 0 unspecified atom stereocenters. The summed E-state index contributed by atoms with van der Waals surface area (Å²) < 4.78 is 0. The van der Waals surface area contributed by atoms with E-state index in [1.165, 1.54) is 0 Å². The molecule has 1 fully saturated rings. The first-order chi connectivity index (χ1) is 10.7. The number of aliphatic imine (C=N–C) groups is 1. The minimum Gasteiger partial charge on any atom is -0.369 e. The number of nitrogens with two attached hydrogens (primary N) is 1. The van der Waals surface area contributed by atoms with E-state index in [9.17, 15) is 4.79 Å². The molecule has 1 heterocycles. The zero-order valence-electron chi connectivity index (χ0n) is 12.1. The van der Waals surface area contributed by atoms with Crippen LogP contribution in [-0.2, 0) is 10.3 Å². The summed E-state index contributed by atoms with van der Waals surface area (Å²) in [5.74, 6) is 0.296. The first-order valence-electron chi connectivity index (χ1n) is 7.53. The van der Waals surface area contributed by atoms with E-state index in [2.05, 4.69) is 4.99 Å². The number of benzene rings is 2. The van der Waals surface area contributed by atoms with Crippen molar-refractivity contribution in [3.05, 3.63) is 71.8 Å². The predicted octanol–water partition coefficient (Wildman–Crippen LogP) is 2.25. The Morgan fingerprint density at radius 3 is 1.91 bits per heavy atom. The van der Waals surface area contributed by atoms with Crippen molar-refractivity contribution in [2.75, 3.05) is 0 Å². The maximum absolute atomic E-state index is 13.3. The van der Waals surface area contributed by atoms with E-state index in [0.717, 1.165) is 24.0 Å². The number of amides is 1. The standard InChI is InChI=1S/C18H17N3O/c19-17-20-18(13-7-3-1-4-8-13,14-9-5-2-6-10-14)16(22)21(17)15-11-12-15/h1-10,15H,11-12H2,(H2,19,20). The minimum atomic E-state index is -1.05. The third-order valence-electron chi connectivity index (χ3n) is 4.35. The van der Waals surface area contributed by atoms with Crippen LogP contribution in [0.3, 0.4) is 0 Å². The summed E-state index contributed by atoms with van der Waals surface area (Å²) in [5, 5.41) is 0. The molecule has 0 spiro atoms. The molecule has 1 saturated carbocycles. The Morgan fingerprint density at radius 1 is 0.955 bits per heavy atom. The number of carbonyl (C=O) groups is 1. The van der Waals surface area contributed by atoms with Crippen molar-refractivity contribution in [2.45, 2.75) is 24.4 Å². The van der Waals surface area contributed by atoms with E-state index in [4.69, 9.17) is 5.73 Å². The number of hydrogen-bond donors (Lipinski definition) is 1. The van der Waals surface area contributed by atoms with Gasteiger partial charge in [-0.15, -0.1) is 0 Å². The summed E-state index contributed by atoms with van der Waals surface area (Å²) in [6.45, 7) is 0.